The third-order valence-corrected chi connectivity index (χ3v) is 1.99. The summed E-state index contributed by atoms with van der Waals surface area (Å²) in [6, 6.07) is 8.67. The smallest absolute Gasteiger partial charge is 0.450 e. The molecule has 0 bridgehead atoms. The molecule has 1 aliphatic rings. The number of halogens is 3. The van der Waals surface area contributed by atoms with Gasteiger partial charge in [0.05, 0.1) is 0 Å². The quantitative estimate of drug-likeness (QED) is 0.777. The average molecular weight is 215 g/mol. The molecule has 0 amide bonds. The highest BCUT2D eigenvalue weighted by molar-refractivity contribution is 5.20. The van der Waals surface area contributed by atoms with E-state index in [1.54, 1.807) is 30.3 Å². The van der Waals surface area contributed by atoms with E-state index in [4.69, 9.17) is 4.74 Å². The maximum absolute atomic E-state index is 12.2. The Kier molecular flexibility index (Phi) is 2.30. The molecule has 1 heterocycles. The highest BCUT2D eigenvalue weighted by Gasteiger charge is 2.40. The summed E-state index contributed by atoms with van der Waals surface area (Å²) < 4.78 is 41.4. The largest absolute Gasteiger partial charge is 0.460 e. The highest BCUT2D eigenvalue weighted by atomic mass is 19.4. The van der Waals surface area contributed by atoms with Crippen LogP contribution in [0.25, 0.3) is 0 Å². The van der Waals surface area contributed by atoms with Crippen LogP contribution in [0.15, 0.2) is 42.3 Å². The molecule has 80 valence electrons. The van der Waals surface area contributed by atoms with Gasteiger partial charge in [0.1, 0.15) is 0 Å². The van der Waals surface area contributed by atoms with Crippen molar-refractivity contribution in [3.8, 4) is 0 Å². The van der Waals surface area contributed by atoms with Crippen LogP contribution in [-0.2, 0) is 4.74 Å². The Morgan fingerprint density at radius 3 is 2.33 bits per heavy atom. The number of rotatable bonds is 1. The summed E-state index contributed by atoms with van der Waals surface area (Å²) in [5, 5.41) is 2.53. The molecule has 0 fully saturated rings. The second-order valence-electron chi connectivity index (χ2n) is 3.08. The van der Waals surface area contributed by atoms with Crippen molar-refractivity contribution >= 4 is 0 Å². The Balaban J connectivity index is 2.09. The molecule has 15 heavy (non-hydrogen) atoms. The van der Waals surface area contributed by atoms with Gasteiger partial charge in [0, 0.05) is 11.8 Å². The van der Waals surface area contributed by atoms with Gasteiger partial charge in [-0.15, -0.1) is 0 Å². The summed E-state index contributed by atoms with van der Waals surface area (Å²) in [5.41, 5.74) is 0.660. The van der Waals surface area contributed by atoms with Gasteiger partial charge in [-0.2, -0.15) is 13.2 Å². The molecule has 1 atom stereocenters. The molecule has 1 aromatic carbocycles. The Hall–Kier alpha value is -1.65. The Morgan fingerprint density at radius 1 is 1.13 bits per heavy atom. The van der Waals surface area contributed by atoms with Crippen LogP contribution in [0, 0.1) is 0 Å². The summed E-state index contributed by atoms with van der Waals surface area (Å²) >= 11 is 0. The van der Waals surface area contributed by atoms with Crippen LogP contribution in [0.5, 0.6) is 0 Å². The molecule has 1 aliphatic heterocycles. The predicted octanol–water partition coefficient (Wildman–Crippen LogP) is 2.71. The fourth-order valence-electron chi connectivity index (χ4n) is 1.29. The van der Waals surface area contributed by atoms with E-state index >= 15 is 0 Å². The second-order valence-corrected chi connectivity index (χ2v) is 3.08. The van der Waals surface area contributed by atoms with Crippen molar-refractivity contribution in [3.63, 3.8) is 0 Å². The summed E-state index contributed by atoms with van der Waals surface area (Å²) in [6.45, 7) is 0. The van der Waals surface area contributed by atoms with Gasteiger partial charge < -0.3 is 10.1 Å². The SMILES string of the molecule is FC(F)(F)C1=CNC(c2ccccc2)O1. The van der Waals surface area contributed by atoms with Crippen LogP contribution in [0.4, 0.5) is 13.2 Å². The van der Waals surface area contributed by atoms with Gasteiger partial charge in [0.25, 0.3) is 0 Å². The summed E-state index contributed by atoms with van der Waals surface area (Å²) in [4.78, 5) is 0. The molecule has 0 spiro atoms. The van der Waals surface area contributed by atoms with Crippen molar-refractivity contribution in [1.82, 2.24) is 5.32 Å². The lowest BCUT2D eigenvalue weighted by atomic mass is 10.2. The van der Waals surface area contributed by atoms with E-state index in [2.05, 4.69) is 5.32 Å². The van der Waals surface area contributed by atoms with Gasteiger partial charge in [-0.3, -0.25) is 0 Å². The zero-order chi connectivity index (χ0) is 10.9. The van der Waals surface area contributed by atoms with Gasteiger partial charge in [0.15, 0.2) is 6.23 Å². The molecule has 2 nitrogen and oxygen atoms in total. The number of allylic oxidation sites excluding steroid dienone is 1. The van der Waals surface area contributed by atoms with E-state index in [1.165, 1.54) is 0 Å². The Labute approximate surface area is 84.4 Å². The minimum Gasteiger partial charge on any atom is -0.460 e. The summed E-state index contributed by atoms with van der Waals surface area (Å²) in [6.07, 6.45) is -4.34. The normalized spacial score (nSPS) is 20.5. The summed E-state index contributed by atoms with van der Waals surface area (Å²) in [7, 11) is 0. The van der Waals surface area contributed by atoms with Gasteiger partial charge >= 0.3 is 6.18 Å². The minimum atomic E-state index is -4.43. The standard InChI is InChI=1S/C10H8F3NO/c11-10(12,13)8-6-14-9(15-8)7-4-2-1-3-5-7/h1-6,9,14H. The lowest BCUT2D eigenvalue weighted by molar-refractivity contribution is -0.135. The zero-order valence-electron chi connectivity index (χ0n) is 7.58. The number of hydrogen-bond acceptors (Lipinski definition) is 2. The van der Waals surface area contributed by atoms with E-state index in [0.717, 1.165) is 6.20 Å². The molecule has 1 aromatic rings. The molecule has 0 saturated heterocycles. The van der Waals surface area contributed by atoms with E-state index in [-0.39, 0.29) is 0 Å². The topological polar surface area (TPSA) is 21.3 Å². The van der Waals surface area contributed by atoms with Crippen LogP contribution >= 0.6 is 0 Å². The van der Waals surface area contributed by atoms with Gasteiger partial charge in [-0.25, -0.2) is 0 Å². The minimum absolute atomic E-state index is 0.660. The molecule has 0 radical (unpaired) electrons. The van der Waals surface area contributed by atoms with E-state index in [0.29, 0.717) is 5.56 Å². The molecular formula is C10H8F3NO. The third-order valence-electron chi connectivity index (χ3n) is 1.99. The van der Waals surface area contributed by atoms with Gasteiger partial charge in [0.2, 0.25) is 5.76 Å². The first kappa shape index (κ1) is 9.89. The molecule has 0 aromatic heterocycles. The molecule has 1 unspecified atom stereocenters. The van der Waals surface area contributed by atoms with Crippen LogP contribution < -0.4 is 5.32 Å². The first-order valence-corrected chi connectivity index (χ1v) is 4.32. The first-order chi connectivity index (χ1) is 7.07. The monoisotopic (exact) mass is 215 g/mol. The molecule has 0 aliphatic carbocycles. The Bertz CT molecular complexity index is 372. The number of ether oxygens (including phenoxy) is 1. The first-order valence-electron chi connectivity index (χ1n) is 4.32. The van der Waals surface area contributed by atoms with Crippen molar-refractivity contribution in [2.75, 3.05) is 0 Å². The molecular weight excluding hydrogens is 207 g/mol. The van der Waals surface area contributed by atoms with Crippen LogP contribution in [0.3, 0.4) is 0 Å². The number of alkyl halides is 3. The van der Waals surface area contributed by atoms with Crippen LogP contribution in [0.2, 0.25) is 0 Å². The fourth-order valence-corrected chi connectivity index (χ4v) is 1.29. The summed E-state index contributed by atoms with van der Waals surface area (Å²) in [5.74, 6) is -0.989. The molecule has 0 saturated carbocycles. The fraction of sp³-hybridized carbons (Fsp3) is 0.200. The number of nitrogens with one attached hydrogen (secondary N) is 1. The Morgan fingerprint density at radius 2 is 1.80 bits per heavy atom. The average Bonchev–Trinajstić information content (AvgIpc) is 2.67. The number of benzene rings is 1. The number of hydrogen-bond donors (Lipinski definition) is 1. The zero-order valence-corrected chi connectivity index (χ0v) is 7.58. The van der Waals surface area contributed by atoms with E-state index < -0.39 is 18.2 Å². The van der Waals surface area contributed by atoms with Crippen molar-refractivity contribution in [1.29, 1.82) is 0 Å². The van der Waals surface area contributed by atoms with Gasteiger partial charge in [-0.05, 0) is 0 Å². The van der Waals surface area contributed by atoms with E-state index in [1.807, 2.05) is 0 Å². The third kappa shape index (κ3) is 2.06. The maximum Gasteiger partial charge on any atom is 0.450 e. The van der Waals surface area contributed by atoms with Crippen molar-refractivity contribution in [3.05, 3.63) is 47.9 Å². The second kappa shape index (κ2) is 3.49. The maximum atomic E-state index is 12.2. The predicted molar refractivity (Wildman–Crippen MR) is 47.5 cm³/mol. The highest BCUT2D eigenvalue weighted by Crippen LogP contribution is 2.33. The van der Waals surface area contributed by atoms with Gasteiger partial charge in [-0.1, -0.05) is 30.3 Å². The lowest BCUT2D eigenvalue weighted by Crippen LogP contribution is -2.14. The molecule has 1 N–H and O–H groups in total. The van der Waals surface area contributed by atoms with Crippen LogP contribution in [0.1, 0.15) is 11.8 Å². The van der Waals surface area contributed by atoms with Crippen LogP contribution in [-0.4, -0.2) is 6.18 Å². The lowest BCUT2D eigenvalue weighted by Gasteiger charge is -2.14. The van der Waals surface area contributed by atoms with Crippen molar-refractivity contribution in [2.24, 2.45) is 0 Å². The molecule has 5 heteroatoms. The van der Waals surface area contributed by atoms with Crippen molar-refractivity contribution < 1.29 is 17.9 Å². The molecule has 2 rings (SSSR count). The van der Waals surface area contributed by atoms with Crippen molar-refractivity contribution in [2.45, 2.75) is 12.4 Å². The van der Waals surface area contributed by atoms with E-state index in [9.17, 15) is 13.2 Å².